The molecule has 2 aromatic rings. The van der Waals surface area contributed by atoms with Crippen molar-refractivity contribution in [1.82, 2.24) is 14.5 Å². The van der Waals surface area contributed by atoms with Gasteiger partial charge in [-0.15, -0.1) is 0 Å². The average molecular weight is 343 g/mol. The first-order valence-corrected chi connectivity index (χ1v) is 9.14. The van der Waals surface area contributed by atoms with Crippen molar-refractivity contribution in [3.05, 3.63) is 42.2 Å². The van der Waals surface area contributed by atoms with Crippen molar-refractivity contribution in [3.8, 4) is 5.69 Å². The fourth-order valence-corrected chi connectivity index (χ4v) is 3.58. The van der Waals surface area contributed by atoms with Gasteiger partial charge in [-0.2, -0.15) is 0 Å². The van der Waals surface area contributed by atoms with Gasteiger partial charge in [0.05, 0.1) is 5.75 Å². The van der Waals surface area contributed by atoms with Crippen molar-refractivity contribution in [2.24, 2.45) is 0 Å². The molecule has 1 saturated heterocycles. The van der Waals surface area contributed by atoms with Crippen LogP contribution >= 0.6 is 11.8 Å². The van der Waals surface area contributed by atoms with Gasteiger partial charge in [-0.05, 0) is 30.0 Å². The molecule has 0 atom stereocenters. The molecule has 24 heavy (non-hydrogen) atoms. The number of hydrogen-bond donors (Lipinski definition) is 0. The maximum absolute atomic E-state index is 12.2. The zero-order valence-electron chi connectivity index (χ0n) is 13.9. The van der Waals surface area contributed by atoms with Crippen LogP contribution < -0.4 is 0 Å². The highest BCUT2D eigenvalue weighted by molar-refractivity contribution is 7.99. The summed E-state index contributed by atoms with van der Waals surface area (Å²) >= 11 is 1.36. The summed E-state index contributed by atoms with van der Waals surface area (Å²) in [4.78, 5) is 29.5. The highest BCUT2D eigenvalue weighted by atomic mass is 32.2. The molecule has 1 fully saturated rings. The van der Waals surface area contributed by atoms with Crippen molar-refractivity contribution in [1.29, 1.82) is 0 Å². The average Bonchev–Trinajstić information content (AvgIpc) is 3.21. The van der Waals surface area contributed by atoms with E-state index in [0.29, 0.717) is 18.9 Å². The van der Waals surface area contributed by atoms with Crippen LogP contribution in [0, 0.1) is 0 Å². The van der Waals surface area contributed by atoms with E-state index >= 15 is 0 Å². The first-order valence-electron chi connectivity index (χ1n) is 8.16. The summed E-state index contributed by atoms with van der Waals surface area (Å²) in [6, 6.07) is 8.35. The molecule has 0 aliphatic carbocycles. The van der Waals surface area contributed by atoms with Crippen LogP contribution in [0.1, 0.15) is 38.2 Å². The highest BCUT2D eigenvalue weighted by Gasteiger charge is 2.26. The molecule has 0 spiro atoms. The van der Waals surface area contributed by atoms with Crippen LogP contribution in [-0.4, -0.2) is 38.6 Å². The van der Waals surface area contributed by atoms with E-state index in [2.05, 4.69) is 43.1 Å². The second kappa shape index (κ2) is 7.21. The summed E-state index contributed by atoms with van der Waals surface area (Å²) in [7, 11) is 0. The van der Waals surface area contributed by atoms with E-state index in [4.69, 9.17) is 0 Å². The van der Waals surface area contributed by atoms with E-state index in [0.717, 1.165) is 17.3 Å². The van der Waals surface area contributed by atoms with E-state index in [9.17, 15) is 9.59 Å². The van der Waals surface area contributed by atoms with Gasteiger partial charge in [0.25, 0.3) is 0 Å². The predicted molar refractivity (Wildman–Crippen MR) is 94.3 cm³/mol. The molecule has 5 nitrogen and oxygen atoms in total. The molecule has 0 saturated carbocycles. The number of benzene rings is 1. The minimum absolute atomic E-state index is 0.0618. The largest absolute Gasteiger partial charge is 0.295 e. The second-order valence-corrected chi connectivity index (χ2v) is 7.10. The normalized spacial score (nSPS) is 14.6. The molecule has 3 rings (SSSR count). The number of aromatic nitrogens is 2. The standard InChI is InChI=1S/C18H21N3O2S/c1-13(2)14-5-7-15(8-6-14)20-11-9-19-18(20)24-12-17(23)21-10-3-4-16(21)22/h5-9,11,13H,3-4,10,12H2,1-2H3. The molecule has 0 bridgehead atoms. The molecule has 1 aromatic heterocycles. The number of rotatable bonds is 5. The van der Waals surface area contributed by atoms with Gasteiger partial charge in [0.1, 0.15) is 0 Å². The Morgan fingerprint density at radius 2 is 2.04 bits per heavy atom. The molecule has 126 valence electrons. The molecule has 2 heterocycles. The van der Waals surface area contributed by atoms with Gasteiger partial charge in [0.2, 0.25) is 11.8 Å². The first-order chi connectivity index (χ1) is 11.6. The van der Waals surface area contributed by atoms with Crippen LogP contribution in [0.25, 0.3) is 5.69 Å². The third-order valence-electron chi connectivity index (χ3n) is 4.14. The first kappa shape index (κ1) is 16.8. The Kier molecular flexibility index (Phi) is 5.04. The van der Waals surface area contributed by atoms with Gasteiger partial charge >= 0.3 is 0 Å². The number of imidazole rings is 1. The Hall–Kier alpha value is -2.08. The number of likely N-dealkylation sites (tertiary alicyclic amines) is 1. The quantitative estimate of drug-likeness (QED) is 0.782. The SMILES string of the molecule is CC(C)c1ccc(-n2ccnc2SCC(=O)N2CCCC2=O)cc1. The summed E-state index contributed by atoms with van der Waals surface area (Å²) in [5.41, 5.74) is 2.31. The van der Waals surface area contributed by atoms with Crippen LogP contribution in [0.2, 0.25) is 0 Å². The number of amides is 2. The summed E-state index contributed by atoms with van der Waals surface area (Å²) in [5.74, 6) is 0.527. The topological polar surface area (TPSA) is 55.2 Å². The van der Waals surface area contributed by atoms with Crippen molar-refractivity contribution in [2.75, 3.05) is 12.3 Å². The molecule has 1 aliphatic heterocycles. The van der Waals surface area contributed by atoms with Crippen LogP contribution in [0.3, 0.4) is 0 Å². The molecule has 6 heteroatoms. The maximum atomic E-state index is 12.2. The summed E-state index contributed by atoms with van der Waals surface area (Å²) in [6.07, 6.45) is 4.86. The number of carbonyl (C=O) groups is 2. The Morgan fingerprint density at radius 1 is 1.29 bits per heavy atom. The van der Waals surface area contributed by atoms with E-state index < -0.39 is 0 Å². The van der Waals surface area contributed by atoms with Gasteiger partial charge < -0.3 is 0 Å². The fraction of sp³-hybridized carbons (Fsp3) is 0.389. The Morgan fingerprint density at radius 3 is 2.67 bits per heavy atom. The number of imide groups is 1. The van der Waals surface area contributed by atoms with Gasteiger partial charge in [0, 0.05) is 31.0 Å². The van der Waals surface area contributed by atoms with Crippen LogP contribution in [0.4, 0.5) is 0 Å². The Labute approximate surface area is 146 Å². The lowest BCUT2D eigenvalue weighted by Gasteiger charge is -2.13. The number of nitrogens with zero attached hydrogens (tertiary/aromatic N) is 3. The fourth-order valence-electron chi connectivity index (χ4n) is 2.73. The summed E-state index contributed by atoms with van der Waals surface area (Å²) in [6.45, 7) is 4.88. The van der Waals surface area contributed by atoms with E-state index in [-0.39, 0.29) is 17.6 Å². The lowest BCUT2D eigenvalue weighted by molar-refractivity contribution is -0.140. The van der Waals surface area contributed by atoms with Crippen molar-refractivity contribution < 1.29 is 9.59 Å². The van der Waals surface area contributed by atoms with Crippen molar-refractivity contribution in [3.63, 3.8) is 0 Å². The molecule has 2 amide bonds. The number of hydrogen-bond acceptors (Lipinski definition) is 4. The van der Waals surface area contributed by atoms with E-state index in [1.807, 2.05) is 10.8 Å². The minimum atomic E-state index is -0.132. The van der Waals surface area contributed by atoms with Crippen molar-refractivity contribution >= 4 is 23.6 Å². The third kappa shape index (κ3) is 3.53. The summed E-state index contributed by atoms with van der Waals surface area (Å²) in [5, 5.41) is 0.757. The van der Waals surface area contributed by atoms with Gasteiger partial charge in [0.15, 0.2) is 5.16 Å². The number of carbonyl (C=O) groups excluding carboxylic acids is 2. The molecule has 0 radical (unpaired) electrons. The van der Waals surface area contributed by atoms with Gasteiger partial charge in [-0.3, -0.25) is 19.1 Å². The molecule has 0 unspecified atom stereocenters. The summed E-state index contributed by atoms with van der Waals surface area (Å²) < 4.78 is 1.97. The van der Waals surface area contributed by atoms with Crippen LogP contribution in [0.15, 0.2) is 41.8 Å². The molecule has 0 N–H and O–H groups in total. The predicted octanol–water partition coefficient (Wildman–Crippen LogP) is 3.24. The third-order valence-corrected chi connectivity index (χ3v) is 5.10. The molecular formula is C18H21N3O2S. The second-order valence-electron chi connectivity index (χ2n) is 6.16. The molecule has 1 aliphatic rings. The Bertz CT molecular complexity index is 737. The Balaban J connectivity index is 1.69. The minimum Gasteiger partial charge on any atom is -0.295 e. The monoisotopic (exact) mass is 343 g/mol. The van der Waals surface area contributed by atoms with E-state index in [1.54, 1.807) is 6.20 Å². The lowest BCUT2D eigenvalue weighted by Crippen LogP contribution is -2.33. The number of thioether (sulfide) groups is 1. The zero-order valence-corrected chi connectivity index (χ0v) is 14.8. The van der Waals surface area contributed by atoms with Crippen LogP contribution in [0.5, 0.6) is 0 Å². The zero-order chi connectivity index (χ0) is 17.1. The lowest BCUT2D eigenvalue weighted by atomic mass is 10.0. The smallest absolute Gasteiger partial charge is 0.239 e. The van der Waals surface area contributed by atoms with E-state index in [1.165, 1.54) is 22.2 Å². The van der Waals surface area contributed by atoms with Gasteiger partial charge in [-0.1, -0.05) is 37.7 Å². The van der Waals surface area contributed by atoms with Gasteiger partial charge in [-0.25, -0.2) is 4.98 Å². The van der Waals surface area contributed by atoms with Crippen molar-refractivity contribution in [2.45, 2.75) is 37.8 Å². The van der Waals surface area contributed by atoms with Crippen LogP contribution in [-0.2, 0) is 9.59 Å². The highest BCUT2D eigenvalue weighted by Crippen LogP contribution is 2.23. The molecular weight excluding hydrogens is 322 g/mol. The molecule has 1 aromatic carbocycles. The maximum Gasteiger partial charge on any atom is 0.239 e.